The van der Waals surface area contributed by atoms with Crippen molar-refractivity contribution in [2.24, 2.45) is 0 Å². The van der Waals surface area contributed by atoms with Crippen molar-refractivity contribution in [2.45, 2.75) is 6.29 Å². The highest BCUT2D eigenvalue weighted by Crippen LogP contribution is 2.42. The van der Waals surface area contributed by atoms with E-state index in [4.69, 9.17) is 10.00 Å². The number of nitrogens with one attached hydrogen (secondary N) is 1. The summed E-state index contributed by atoms with van der Waals surface area (Å²) in [7, 11) is 0. The van der Waals surface area contributed by atoms with Crippen LogP contribution in [0.4, 0.5) is 14.5 Å². The summed E-state index contributed by atoms with van der Waals surface area (Å²) >= 11 is 0. The molecule has 2 aromatic carbocycles. The van der Waals surface area contributed by atoms with E-state index in [2.05, 4.69) is 14.8 Å². The highest BCUT2D eigenvalue weighted by molar-refractivity contribution is 5.92. The van der Waals surface area contributed by atoms with Gasteiger partial charge in [0.1, 0.15) is 5.75 Å². The molecule has 0 unspecified atom stereocenters. The summed E-state index contributed by atoms with van der Waals surface area (Å²) < 4.78 is 39.7. The number of fused-ring (bicyclic) bond motifs is 1. The van der Waals surface area contributed by atoms with Crippen LogP contribution in [0.3, 0.4) is 0 Å². The Morgan fingerprint density at radius 2 is 2.00 bits per heavy atom. The molecule has 2 aromatic rings. The lowest BCUT2D eigenvalue weighted by Gasteiger charge is -2.08. The Bertz CT molecular complexity index is 833. The molecule has 1 N–H and O–H groups in total. The lowest BCUT2D eigenvalue weighted by molar-refractivity contribution is -0.286. The predicted molar refractivity (Wildman–Crippen MR) is 77.9 cm³/mol. The van der Waals surface area contributed by atoms with Gasteiger partial charge in [-0.25, -0.2) is 0 Å². The topological polar surface area (TPSA) is 80.6 Å². The first kappa shape index (κ1) is 15.6. The smallest absolute Gasteiger partial charge is 0.484 e. The van der Waals surface area contributed by atoms with Gasteiger partial charge in [-0.05, 0) is 30.3 Å². The second-order valence-electron chi connectivity index (χ2n) is 4.81. The summed E-state index contributed by atoms with van der Waals surface area (Å²) in [6.07, 6.45) is -3.71. The number of benzene rings is 2. The van der Waals surface area contributed by atoms with Crippen molar-refractivity contribution in [3.8, 4) is 23.3 Å². The summed E-state index contributed by atoms with van der Waals surface area (Å²) in [4.78, 5) is 11.8. The molecule has 0 aliphatic carbocycles. The maximum absolute atomic E-state index is 12.9. The fourth-order valence-corrected chi connectivity index (χ4v) is 2.03. The maximum Gasteiger partial charge on any atom is 0.586 e. The van der Waals surface area contributed by atoms with Crippen molar-refractivity contribution < 1.29 is 27.8 Å². The molecule has 3 rings (SSSR count). The van der Waals surface area contributed by atoms with Gasteiger partial charge in [-0.1, -0.05) is 6.07 Å². The number of amides is 1. The van der Waals surface area contributed by atoms with E-state index in [-0.39, 0.29) is 23.8 Å². The van der Waals surface area contributed by atoms with Crippen LogP contribution in [-0.4, -0.2) is 18.8 Å². The Hall–Kier alpha value is -3.34. The summed E-state index contributed by atoms with van der Waals surface area (Å²) in [5.74, 6) is -0.402. The van der Waals surface area contributed by atoms with Crippen LogP contribution in [0, 0.1) is 11.3 Å². The second kappa shape index (κ2) is 6.04. The van der Waals surface area contributed by atoms with E-state index < -0.39 is 12.2 Å². The molecule has 8 heteroatoms. The van der Waals surface area contributed by atoms with E-state index in [9.17, 15) is 13.6 Å². The Labute approximate surface area is 135 Å². The number of carbonyl (C=O) groups is 1. The number of ether oxygens (including phenoxy) is 3. The molecule has 24 heavy (non-hydrogen) atoms. The van der Waals surface area contributed by atoms with Gasteiger partial charge in [-0.3, -0.25) is 4.79 Å². The van der Waals surface area contributed by atoms with Gasteiger partial charge in [-0.2, -0.15) is 5.26 Å². The van der Waals surface area contributed by atoms with Gasteiger partial charge in [0, 0.05) is 11.8 Å². The van der Waals surface area contributed by atoms with Gasteiger partial charge in [-0.15, -0.1) is 8.78 Å². The van der Waals surface area contributed by atoms with Crippen molar-refractivity contribution in [3.63, 3.8) is 0 Å². The molecule has 0 atom stereocenters. The number of nitriles is 1. The number of rotatable bonds is 4. The largest absolute Gasteiger partial charge is 0.586 e. The van der Waals surface area contributed by atoms with Gasteiger partial charge in [0.2, 0.25) is 0 Å². The van der Waals surface area contributed by atoms with Gasteiger partial charge in [0.05, 0.1) is 11.6 Å². The summed E-state index contributed by atoms with van der Waals surface area (Å²) in [5, 5.41) is 11.3. The zero-order valence-electron chi connectivity index (χ0n) is 12.1. The zero-order valence-corrected chi connectivity index (χ0v) is 12.1. The van der Waals surface area contributed by atoms with E-state index in [0.29, 0.717) is 11.3 Å². The third-order valence-corrected chi connectivity index (χ3v) is 3.02. The third kappa shape index (κ3) is 3.52. The number of nitrogens with zero attached hydrogens (tertiary/aromatic N) is 1. The van der Waals surface area contributed by atoms with Crippen LogP contribution >= 0.6 is 0 Å². The van der Waals surface area contributed by atoms with Crippen molar-refractivity contribution in [1.82, 2.24) is 0 Å². The number of hydrogen-bond donors (Lipinski definition) is 1. The molecule has 1 aliphatic rings. The number of carbonyl (C=O) groups excluding carboxylic acids is 1. The molecule has 0 saturated heterocycles. The van der Waals surface area contributed by atoms with E-state index >= 15 is 0 Å². The molecule has 1 heterocycles. The van der Waals surface area contributed by atoms with E-state index in [0.717, 1.165) is 0 Å². The fraction of sp³-hybridized carbons (Fsp3) is 0.125. The van der Waals surface area contributed by atoms with Crippen LogP contribution in [-0.2, 0) is 4.79 Å². The Morgan fingerprint density at radius 3 is 2.79 bits per heavy atom. The fourth-order valence-electron chi connectivity index (χ4n) is 2.03. The van der Waals surface area contributed by atoms with Gasteiger partial charge in [0.15, 0.2) is 18.1 Å². The standard InChI is InChI=1S/C16H10F2N2O4/c17-16(18)23-13-5-4-11(7-14(13)24-16)20-15(21)9-22-12-3-1-2-10(6-12)8-19/h1-7H,9H2,(H,20,21). The molecule has 0 saturated carbocycles. The number of anilines is 1. The van der Waals surface area contributed by atoms with Crippen molar-refractivity contribution >= 4 is 11.6 Å². The van der Waals surface area contributed by atoms with Crippen molar-refractivity contribution in [1.29, 1.82) is 5.26 Å². The molecule has 122 valence electrons. The monoisotopic (exact) mass is 332 g/mol. The Kier molecular flexibility index (Phi) is 3.92. The highest BCUT2D eigenvalue weighted by Gasteiger charge is 2.43. The van der Waals surface area contributed by atoms with Crippen LogP contribution in [0.1, 0.15) is 5.56 Å². The van der Waals surface area contributed by atoms with Crippen LogP contribution in [0.5, 0.6) is 17.2 Å². The number of halogens is 2. The zero-order chi connectivity index (χ0) is 17.2. The molecule has 1 amide bonds. The molecule has 1 aliphatic heterocycles. The molecule has 0 bridgehead atoms. The summed E-state index contributed by atoms with van der Waals surface area (Å²) in [6, 6.07) is 12.2. The quantitative estimate of drug-likeness (QED) is 0.931. The summed E-state index contributed by atoms with van der Waals surface area (Å²) in [6.45, 7) is -0.306. The number of hydrogen-bond acceptors (Lipinski definition) is 5. The minimum absolute atomic E-state index is 0.109. The molecular weight excluding hydrogens is 322 g/mol. The first-order valence-corrected chi connectivity index (χ1v) is 6.78. The molecule has 0 spiro atoms. The highest BCUT2D eigenvalue weighted by atomic mass is 19.3. The van der Waals surface area contributed by atoms with E-state index in [1.165, 1.54) is 24.3 Å². The SMILES string of the molecule is N#Cc1cccc(OCC(=O)Nc2ccc3c(c2)OC(F)(F)O3)c1. The van der Waals surface area contributed by atoms with E-state index in [1.807, 2.05) is 6.07 Å². The van der Waals surface area contributed by atoms with Gasteiger partial charge >= 0.3 is 6.29 Å². The first-order valence-electron chi connectivity index (χ1n) is 6.78. The normalized spacial score (nSPS) is 13.9. The van der Waals surface area contributed by atoms with E-state index in [1.54, 1.807) is 18.2 Å². The van der Waals surface area contributed by atoms with Crippen LogP contribution < -0.4 is 19.5 Å². The second-order valence-corrected chi connectivity index (χ2v) is 4.81. The molecule has 0 fully saturated rings. The predicted octanol–water partition coefficient (Wildman–Crippen LogP) is 2.90. The number of alkyl halides is 2. The average molecular weight is 332 g/mol. The summed E-state index contributed by atoms with van der Waals surface area (Å²) in [5.41, 5.74) is 0.666. The van der Waals surface area contributed by atoms with Gasteiger partial charge in [0.25, 0.3) is 5.91 Å². The maximum atomic E-state index is 12.9. The van der Waals surface area contributed by atoms with Crippen LogP contribution in [0.15, 0.2) is 42.5 Å². The third-order valence-electron chi connectivity index (χ3n) is 3.02. The minimum atomic E-state index is -3.71. The molecule has 0 aromatic heterocycles. The van der Waals surface area contributed by atoms with Gasteiger partial charge < -0.3 is 19.5 Å². The van der Waals surface area contributed by atoms with Crippen molar-refractivity contribution in [3.05, 3.63) is 48.0 Å². The Morgan fingerprint density at radius 1 is 1.21 bits per heavy atom. The first-order chi connectivity index (χ1) is 11.4. The molecule has 6 nitrogen and oxygen atoms in total. The molecular formula is C16H10F2N2O4. The van der Waals surface area contributed by atoms with Crippen LogP contribution in [0.2, 0.25) is 0 Å². The molecule has 0 radical (unpaired) electrons. The average Bonchev–Trinajstić information content (AvgIpc) is 2.86. The van der Waals surface area contributed by atoms with Crippen molar-refractivity contribution in [2.75, 3.05) is 11.9 Å². The minimum Gasteiger partial charge on any atom is -0.484 e. The van der Waals surface area contributed by atoms with Crippen LogP contribution in [0.25, 0.3) is 0 Å². The Balaban J connectivity index is 1.59. The lowest BCUT2D eigenvalue weighted by atomic mass is 10.2. The lowest BCUT2D eigenvalue weighted by Crippen LogP contribution is -2.25.